The van der Waals surface area contributed by atoms with E-state index in [0.717, 1.165) is 23.8 Å². The molecule has 2 aromatic carbocycles. The molecule has 3 aromatic rings. The molecular weight excluding hydrogens is 342 g/mol. The number of nitrogens with zero attached hydrogens (tertiary/aromatic N) is 1. The van der Waals surface area contributed by atoms with Gasteiger partial charge in [-0.2, -0.15) is 0 Å². The summed E-state index contributed by atoms with van der Waals surface area (Å²) in [5.41, 5.74) is 1.20. The van der Waals surface area contributed by atoms with Crippen LogP contribution in [0.5, 0.6) is 5.75 Å². The van der Waals surface area contributed by atoms with Crippen molar-refractivity contribution >= 4 is 11.6 Å². The number of amides is 1. The molecule has 0 aliphatic rings. The minimum atomic E-state index is -0.752. The van der Waals surface area contributed by atoms with Gasteiger partial charge in [0, 0.05) is 6.07 Å². The van der Waals surface area contributed by atoms with Crippen molar-refractivity contribution in [2.45, 2.75) is 20.5 Å². The van der Waals surface area contributed by atoms with Crippen LogP contribution in [0, 0.1) is 25.5 Å². The SMILES string of the molecule is Cc1ccc(OCc2c(C(=O)Nc3cc(F)ccc3F)noc2C)cc1. The number of carbonyl (C=O) groups is 1. The van der Waals surface area contributed by atoms with E-state index in [1.54, 1.807) is 19.1 Å². The van der Waals surface area contributed by atoms with Crippen molar-refractivity contribution in [1.29, 1.82) is 0 Å². The van der Waals surface area contributed by atoms with Crippen molar-refractivity contribution in [2.24, 2.45) is 0 Å². The molecule has 3 rings (SSSR count). The summed E-state index contributed by atoms with van der Waals surface area (Å²) in [6.45, 7) is 3.65. The molecule has 0 saturated carbocycles. The summed E-state index contributed by atoms with van der Waals surface area (Å²) in [5, 5.41) is 6.00. The lowest BCUT2D eigenvalue weighted by atomic mass is 10.2. The predicted molar refractivity (Wildman–Crippen MR) is 91.1 cm³/mol. The minimum absolute atomic E-state index is 0.0433. The number of benzene rings is 2. The largest absolute Gasteiger partial charge is 0.489 e. The van der Waals surface area contributed by atoms with Crippen LogP contribution in [-0.4, -0.2) is 11.1 Å². The van der Waals surface area contributed by atoms with Gasteiger partial charge in [0.25, 0.3) is 5.91 Å². The number of aromatic nitrogens is 1. The molecule has 26 heavy (non-hydrogen) atoms. The molecule has 0 atom stereocenters. The lowest BCUT2D eigenvalue weighted by molar-refractivity contribution is 0.101. The molecule has 0 bridgehead atoms. The van der Waals surface area contributed by atoms with Gasteiger partial charge in [0.1, 0.15) is 29.8 Å². The molecule has 1 aromatic heterocycles. The van der Waals surface area contributed by atoms with E-state index in [1.807, 2.05) is 19.1 Å². The zero-order valence-corrected chi connectivity index (χ0v) is 14.2. The van der Waals surface area contributed by atoms with Crippen molar-refractivity contribution in [3.8, 4) is 5.75 Å². The van der Waals surface area contributed by atoms with Crippen molar-refractivity contribution in [2.75, 3.05) is 5.32 Å². The quantitative estimate of drug-likeness (QED) is 0.734. The summed E-state index contributed by atoms with van der Waals surface area (Å²) in [5.74, 6) is -1.10. The third kappa shape index (κ3) is 3.88. The molecule has 0 radical (unpaired) electrons. The highest BCUT2D eigenvalue weighted by molar-refractivity contribution is 6.03. The first-order chi connectivity index (χ1) is 12.4. The average molecular weight is 358 g/mol. The number of hydrogen-bond acceptors (Lipinski definition) is 4. The summed E-state index contributed by atoms with van der Waals surface area (Å²) >= 11 is 0. The average Bonchev–Trinajstić information content (AvgIpc) is 2.98. The second kappa shape index (κ2) is 7.35. The third-order valence-corrected chi connectivity index (χ3v) is 3.78. The predicted octanol–water partition coefficient (Wildman–Crippen LogP) is 4.40. The summed E-state index contributed by atoms with van der Waals surface area (Å²) in [7, 11) is 0. The van der Waals surface area contributed by atoms with Gasteiger partial charge >= 0.3 is 0 Å². The minimum Gasteiger partial charge on any atom is -0.489 e. The standard InChI is InChI=1S/C19H16F2N2O3/c1-11-3-6-14(7-4-11)25-10-15-12(2)26-23-18(15)19(24)22-17-9-13(20)5-8-16(17)21/h3-9H,10H2,1-2H3,(H,22,24). The Morgan fingerprint density at radius 2 is 1.88 bits per heavy atom. The summed E-state index contributed by atoms with van der Waals surface area (Å²) in [6.07, 6.45) is 0. The molecule has 0 unspecified atom stereocenters. The molecule has 134 valence electrons. The number of aryl methyl sites for hydroxylation is 2. The van der Waals surface area contributed by atoms with Crippen LogP contribution >= 0.6 is 0 Å². The van der Waals surface area contributed by atoms with Gasteiger partial charge in [0.05, 0.1) is 11.3 Å². The molecule has 5 nitrogen and oxygen atoms in total. The first-order valence-corrected chi connectivity index (χ1v) is 7.85. The first-order valence-electron chi connectivity index (χ1n) is 7.85. The normalized spacial score (nSPS) is 10.6. The van der Waals surface area contributed by atoms with E-state index in [4.69, 9.17) is 9.26 Å². The fourth-order valence-corrected chi connectivity index (χ4v) is 2.30. The van der Waals surface area contributed by atoms with E-state index in [-0.39, 0.29) is 18.0 Å². The molecular formula is C19H16F2N2O3. The Bertz CT molecular complexity index is 936. The van der Waals surface area contributed by atoms with Gasteiger partial charge in [-0.1, -0.05) is 22.9 Å². The van der Waals surface area contributed by atoms with Gasteiger partial charge in [-0.3, -0.25) is 4.79 Å². The molecule has 1 heterocycles. The lowest BCUT2D eigenvalue weighted by Crippen LogP contribution is -2.16. The molecule has 0 aliphatic heterocycles. The van der Waals surface area contributed by atoms with Crippen LogP contribution in [0.15, 0.2) is 47.0 Å². The van der Waals surface area contributed by atoms with Gasteiger partial charge in [0.15, 0.2) is 5.69 Å². The fourth-order valence-electron chi connectivity index (χ4n) is 2.30. The summed E-state index contributed by atoms with van der Waals surface area (Å²) in [6, 6.07) is 10.2. The Labute approximate surface area is 148 Å². The molecule has 1 amide bonds. The number of ether oxygens (including phenoxy) is 1. The first kappa shape index (κ1) is 17.6. The van der Waals surface area contributed by atoms with Crippen LogP contribution in [0.1, 0.15) is 27.4 Å². The lowest BCUT2D eigenvalue weighted by Gasteiger charge is -2.08. The molecule has 0 aliphatic carbocycles. The van der Waals surface area contributed by atoms with Gasteiger partial charge in [-0.05, 0) is 38.1 Å². The van der Waals surface area contributed by atoms with E-state index < -0.39 is 17.5 Å². The van der Waals surface area contributed by atoms with Crippen LogP contribution < -0.4 is 10.1 Å². The van der Waals surface area contributed by atoms with E-state index in [1.165, 1.54) is 0 Å². The monoisotopic (exact) mass is 358 g/mol. The number of nitrogens with one attached hydrogen (secondary N) is 1. The Morgan fingerprint density at radius 3 is 2.62 bits per heavy atom. The Hall–Kier alpha value is -3.22. The Kier molecular flexibility index (Phi) is 4.97. The maximum atomic E-state index is 13.7. The number of rotatable bonds is 5. The fraction of sp³-hybridized carbons (Fsp3) is 0.158. The Balaban J connectivity index is 1.77. The van der Waals surface area contributed by atoms with Gasteiger partial charge in [-0.25, -0.2) is 8.78 Å². The Morgan fingerprint density at radius 1 is 1.15 bits per heavy atom. The van der Waals surface area contributed by atoms with Crippen LogP contribution in [0.3, 0.4) is 0 Å². The second-order valence-corrected chi connectivity index (χ2v) is 5.75. The van der Waals surface area contributed by atoms with E-state index in [0.29, 0.717) is 17.1 Å². The summed E-state index contributed by atoms with van der Waals surface area (Å²) < 4.78 is 37.7. The van der Waals surface area contributed by atoms with E-state index >= 15 is 0 Å². The van der Waals surface area contributed by atoms with Crippen LogP contribution in [0.25, 0.3) is 0 Å². The number of halogens is 2. The van der Waals surface area contributed by atoms with Crippen LogP contribution in [-0.2, 0) is 6.61 Å². The highest BCUT2D eigenvalue weighted by Gasteiger charge is 2.21. The number of anilines is 1. The smallest absolute Gasteiger partial charge is 0.278 e. The van der Waals surface area contributed by atoms with Gasteiger partial charge in [-0.15, -0.1) is 0 Å². The third-order valence-electron chi connectivity index (χ3n) is 3.78. The maximum absolute atomic E-state index is 13.7. The summed E-state index contributed by atoms with van der Waals surface area (Å²) in [4.78, 5) is 12.4. The highest BCUT2D eigenvalue weighted by Crippen LogP contribution is 2.21. The second-order valence-electron chi connectivity index (χ2n) is 5.75. The van der Waals surface area contributed by atoms with E-state index in [2.05, 4.69) is 10.5 Å². The van der Waals surface area contributed by atoms with Crippen molar-refractivity contribution < 1.29 is 22.8 Å². The van der Waals surface area contributed by atoms with Gasteiger partial charge < -0.3 is 14.6 Å². The van der Waals surface area contributed by atoms with Gasteiger partial charge in [0.2, 0.25) is 0 Å². The number of hydrogen-bond donors (Lipinski definition) is 1. The highest BCUT2D eigenvalue weighted by atomic mass is 19.1. The molecule has 1 N–H and O–H groups in total. The van der Waals surface area contributed by atoms with Crippen molar-refractivity contribution in [3.05, 3.63) is 76.7 Å². The zero-order chi connectivity index (χ0) is 18.7. The molecule has 0 saturated heterocycles. The van der Waals surface area contributed by atoms with Crippen molar-refractivity contribution in [1.82, 2.24) is 5.16 Å². The van der Waals surface area contributed by atoms with Crippen LogP contribution in [0.2, 0.25) is 0 Å². The van der Waals surface area contributed by atoms with Crippen molar-refractivity contribution in [3.63, 3.8) is 0 Å². The molecule has 0 spiro atoms. The maximum Gasteiger partial charge on any atom is 0.278 e. The van der Waals surface area contributed by atoms with E-state index in [9.17, 15) is 13.6 Å². The molecule has 7 heteroatoms. The van der Waals surface area contributed by atoms with Crippen LogP contribution in [0.4, 0.5) is 14.5 Å². The number of carbonyl (C=O) groups excluding carboxylic acids is 1. The molecule has 0 fully saturated rings. The topological polar surface area (TPSA) is 64.4 Å². The zero-order valence-electron chi connectivity index (χ0n) is 14.2.